The summed E-state index contributed by atoms with van der Waals surface area (Å²) >= 11 is 0. The van der Waals surface area contributed by atoms with Gasteiger partial charge in [0.1, 0.15) is 0 Å². The first-order chi connectivity index (χ1) is 5.86. The van der Waals surface area contributed by atoms with Crippen molar-refractivity contribution < 1.29 is 0 Å². The second-order valence-corrected chi connectivity index (χ2v) is 3.22. The number of nitrogens with two attached hydrogens (primary N) is 1. The summed E-state index contributed by atoms with van der Waals surface area (Å²) in [5, 5.41) is 7.42. The molecule has 1 aliphatic carbocycles. The van der Waals surface area contributed by atoms with E-state index in [0.29, 0.717) is 11.9 Å². The molecular formula is C8H12N4. The van der Waals surface area contributed by atoms with Gasteiger partial charge in [-0.05, 0) is 12.8 Å². The molecular weight excluding hydrogens is 152 g/mol. The van der Waals surface area contributed by atoms with Gasteiger partial charge in [0.05, 0.1) is 11.9 Å². The van der Waals surface area contributed by atoms with Crippen molar-refractivity contribution in [3.05, 3.63) is 11.9 Å². The molecule has 64 valence electrons. The third-order valence-corrected chi connectivity index (χ3v) is 2.37. The molecule has 1 saturated carbocycles. The monoisotopic (exact) mass is 164 g/mol. The predicted octanol–water partition coefficient (Wildman–Crippen LogP) is 1.11. The van der Waals surface area contributed by atoms with Gasteiger partial charge in [0.2, 0.25) is 5.95 Å². The average Bonchev–Trinajstić information content (AvgIpc) is 2.56. The van der Waals surface area contributed by atoms with Crippen LogP contribution in [0.3, 0.4) is 0 Å². The van der Waals surface area contributed by atoms with E-state index in [0.717, 1.165) is 5.69 Å². The van der Waals surface area contributed by atoms with Crippen molar-refractivity contribution in [3.63, 3.8) is 0 Å². The number of rotatable bonds is 1. The molecule has 0 spiro atoms. The second kappa shape index (κ2) is 3.05. The molecule has 0 atom stereocenters. The molecule has 1 aromatic rings. The Morgan fingerprint density at radius 3 is 2.75 bits per heavy atom. The summed E-state index contributed by atoms with van der Waals surface area (Å²) in [5.41, 5.74) is 6.46. The molecule has 1 aliphatic rings. The Morgan fingerprint density at radius 1 is 1.33 bits per heavy atom. The Labute approximate surface area is 71.2 Å². The Kier molecular flexibility index (Phi) is 1.89. The molecule has 4 nitrogen and oxygen atoms in total. The normalized spacial score (nSPS) is 18.3. The number of hydrogen-bond acceptors (Lipinski definition) is 4. The molecule has 0 saturated heterocycles. The van der Waals surface area contributed by atoms with Crippen LogP contribution in [0.2, 0.25) is 0 Å². The van der Waals surface area contributed by atoms with Crippen molar-refractivity contribution >= 4 is 5.95 Å². The topological polar surface area (TPSA) is 64.7 Å². The van der Waals surface area contributed by atoms with E-state index in [4.69, 9.17) is 5.73 Å². The van der Waals surface area contributed by atoms with Crippen LogP contribution < -0.4 is 5.73 Å². The van der Waals surface area contributed by atoms with Gasteiger partial charge in [-0.3, -0.25) is 0 Å². The Morgan fingerprint density at radius 2 is 2.08 bits per heavy atom. The highest BCUT2D eigenvalue weighted by Gasteiger charge is 2.18. The molecule has 0 aliphatic heterocycles. The van der Waals surface area contributed by atoms with Gasteiger partial charge in [-0.15, -0.1) is 5.10 Å². The lowest BCUT2D eigenvalue weighted by atomic mass is 10.1. The lowest BCUT2D eigenvalue weighted by Gasteiger charge is -2.06. The minimum atomic E-state index is 0.291. The van der Waals surface area contributed by atoms with Crippen LogP contribution in [0.5, 0.6) is 0 Å². The zero-order chi connectivity index (χ0) is 8.39. The van der Waals surface area contributed by atoms with Crippen molar-refractivity contribution in [2.75, 3.05) is 5.73 Å². The summed E-state index contributed by atoms with van der Waals surface area (Å²) in [4.78, 5) is 4.16. The molecule has 0 unspecified atom stereocenters. The van der Waals surface area contributed by atoms with Crippen LogP contribution in [0.4, 0.5) is 5.95 Å². The van der Waals surface area contributed by atoms with E-state index in [9.17, 15) is 0 Å². The highest BCUT2D eigenvalue weighted by atomic mass is 15.2. The van der Waals surface area contributed by atoms with Crippen LogP contribution in [0.1, 0.15) is 37.3 Å². The summed E-state index contributed by atoms with van der Waals surface area (Å²) in [6.07, 6.45) is 6.77. The van der Waals surface area contributed by atoms with Crippen LogP contribution in [-0.2, 0) is 0 Å². The fourth-order valence-electron chi connectivity index (χ4n) is 1.75. The maximum Gasteiger partial charge on any atom is 0.240 e. The minimum Gasteiger partial charge on any atom is -0.366 e. The summed E-state index contributed by atoms with van der Waals surface area (Å²) < 4.78 is 0. The largest absolute Gasteiger partial charge is 0.366 e. The van der Waals surface area contributed by atoms with Gasteiger partial charge in [0.25, 0.3) is 0 Å². The van der Waals surface area contributed by atoms with Gasteiger partial charge in [-0.1, -0.05) is 12.8 Å². The van der Waals surface area contributed by atoms with Crippen molar-refractivity contribution in [1.29, 1.82) is 0 Å². The van der Waals surface area contributed by atoms with Gasteiger partial charge >= 0.3 is 0 Å². The summed E-state index contributed by atoms with van der Waals surface area (Å²) in [6.45, 7) is 0. The number of hydrogen-bond donors (Lipinski definition) is 1. The van der Waals surface area contributed by atoms with Crippen LogP contribution >= 0.6 is 0 Å². The van der Waals surface area contributed by atoms with Gasteiger partial charge < -0.3 is 5.73 Å². The van der Waals surface area contributed by atoms with E-state index in [1.807, 2.05) is 0 Å². The highest BCUT2D eigenvalue weighted by molar-refractivity contribution is 5.16. The van der Waals surface area contributed by atoms with Crippen LogP contribution in [0.25, 0.3) is 0 Å². The molecule has 2 rings (SSSR count). The zero-order valence-corrected chi connectivity index (χ0v) is 6.90. The Hall–Kier alpha value is -1.19. The van der Waals surface area contributed by atoms with Gasteiger partial charge in [0, 0.05) is 5.92 Å². The predicted molar refractivity (Wildman–Crippen MR) is 45.4 cm³/mol. The molecule has 1 heterocycles. The van der Waals surface area contributed by atoms with Crippen molar-refractivity contribution in [3.8, 4) is 0 Å². The standard InChI is InChI=1S/C8H12N4/c9-8-11-7(5-10-12-8)6-3-1-2-4-6/h5-6H,1-4H2,(H2,9,11,12). The van der Waals surface area contributed by atoms with E-state index in [2.05, 4.69) is 15.2 Å². The number of nitrogen functional groups attached to an aromatic ring is 1. The molecule has 0 amide bonds. The van der Waals surface area contributed by atoms with E-state index >= 15 is 0 Å². The highest BCUT2D eigenvalue weighted by Crippen LogP contribution is 2.32. The smallest absolute Gasteiger partial charge is 0.240 e. The van der Waals surface area contributed by atoms with E-state index < -0.39 is 0 Å². The number of aromatic nitrogens is 3. The van der Waals surface area contributed by atoms with E-state index in [1.165, 1.54) is 25.7 Å². The van der Waals surface area contributed by atoms with Crippen LogP contribution in [0, 0.1) is 0 Å². The number of nitrogens with zero attached hydrogens (tertiary/aromatic N) is 3. The van der Waals surface area contributed by atoms with Crippen molar-refractivity contribution in [2.24, 2.45) is 0 Å². The van der Waals surface area contributed by atoms with Gasteiger partial charge in [-0.25, -0.2) is 4.98 Å². The first kappa shape index (κ1) is 7.46. The van der Waals surface area contributed by atoms with Gasteiger partial charge in [-0.2, -0.15) is 5.10 Å². The fourth-order valence-corrected chi connectivity index (χ4v) is 1.75. The molecule has 2 N–H and O–H groups in total. The first-order valence-corrected chi connectivity index (χ1v) is 4.31. The lowest BCUT2D eigenvalue weighted by Crippen LogP contribution is -2.03. The van der Waals surface area contributed by atoms with Crippen molar-refractivity contribution in [1.82, 2.24) is 15.2 Å². The molecule has 12 heavy (non-hydrogen) atoms. The molecule has 4 heteroatoms. The molecule has 1 aromatic heterocycles. The van der Waals surface area contributed by atoms with E-state index in [-0.39, 0.29) is 0 Å². The second-order valence-electron chi connectivity index (χ2n) is 3.22. The lowest BCUT2D eigenvalue weighted by molar-refractivity contribution is 0.685. The molecule has 0 aromatic carbocycles. The maximum atomic E-state index is 5.44. The number of anilines is 1. The molecule has 0 bridgehead atoms. The van der Waals surface area contributed by atoms with E-state index in [1.54, 1.807) is 6.20 Å². The molecule has 0 radical (unpaired) electrons. The van der Waals surface area contributed by atoms with Crippen molar-refractivity contribution in [2.45, 2.75) is 31.6 Å². The fraction of sp³-hybridized carbons (Fsp3) is 0.625. The van der Waals surface area contributed by atoms with Crippen LogP contribution in [-0.4, -0.2) is 15.2 Å². The maximum absolute atomic E-state index is 5.44. The quantitative estimate of drug-likeness (QED) is 0.675. The van der Waals surface area contributed by atoms with Crippen LogP contribution in [0.15, 0.2) is 6.20 Å². The third-order valence-electron chi connectivity index (χ3n) is 2.37. The average molecular weight is 164 g/mol. The Bertz CT molecular complexity index is 268. The first-order valence-electron chi connectivity index (χ1n) is 4.31. The molecule has 1 fully saturated rings. The van der Waals surface area contributed by atoms with Gasteiger partial charge in [0.15, 0.2) is 0 Å². The Balaban J connectivity index is 2.21. The SMILES string of the molecule is Nc1nncc(C2CCCC2)n1. The minimum absolute atomic E-state index is 0.291. The summed E-state index contributed by atoms with van der Waals surface area (Å²) in [6, 6.07) is 0. The summed E-state index contributed by atoms with van der Waals surface area (Å²) in [7, 11) is 0. The zero-order valence-electron chi connectivity index (χ0n) is 6.90. The summed E-state index contributed by atoms with van der Waals surface area (Å²) in [5.74, 6) is 0.863. The third kappa shape index (κ3) is 1.37.